The van der Waals surface area contributed by atoms with E-state index < -0.39 is 0 Å². The Morgan fingerprint density at radius 1 is 0.894 bits per heavy atom. The van der Waals surface area contributed by atoms with E-state index in [4.69, 9.17) is 14.5 Å². The highest BCUT2D eigenvalue weighted by Gasteiger charge is 2.44. The van der Waals surface area contributed by atoms with Crippen LogP contribution in [0.25, 0.3) is 0 Å². The van der Waals surface area contributed by atoms with Gasteiger partial charge < -0.3 is 19.3 Å². The molecule has 47 heavy (non-hydrogen) atoms. The van der Waals surface area contributed by atoms with Crippen LogP contribution in [0.2, 0.25) is 0 Å². The summed E-state index contributed by atoms with van der Waals surface area (Å²) in [7, 11) is 2.13. The largest absolute Gasteiger partial charge is 0.378 e. The zero-order chi connectivity index (χ0) is 32.0. The van der Waals surface area contributed by atoms with Gasteiger partial charge in [-0.05, 0) is 67.0 Å². The zero-order valence-electron chi connectivity index (χ0n) is 27.4. The Morgan fingerprint density at radius 2 is 1.51 bits per heavy atom. The predicted octanol–water partition coefficient (Wildman–Crippen LogP) is 3.66. The maximum absolute atomic E-state index is 12.9. The van der Waals surface area contributed by atoms with Gasteiger partial charge in [0.05, 0.1) is 45.3 Å². The highest BCUT2D eigenvalue weighted by Crippen LogP contribution is 2.43. The highest BCUT2D eigenvalue weighted by atomic mass is 32.2. The first-order chi connectivity index (χ1) is 23.1. The third-order valence-electron chi connectivity index (χ3n) is 9.97. The zero-order valence-corrected chi connectivity index (χ0v) is 29.0. The molecule has 0 radical (unpaired) electrons. The lowest BCUT2D eigenvalue weighted by atomic mass is 9.81. The van der Waals surface area contributed by atoms with Crippen LogP contribution in [0.3, 0.4) is 0 Å². The molecule has 7 rings (SSSR count). The van der Waals surface area contributed by atoms with Gasteiger partial charge in [0.15, 0.2) is 10.5 Å². The van der Waals surface area contributed by atoms with Crippen molar-refractivity contribution in [3.05, 3.63) is 59.7 Å². The minimum Gasteiger partial charge on any atom is -0.378 e. The standard InChI is InChI=1S/C35H47N7O3S2/c1-40-33(47-35(40)37-31(43)23-26-7-11-30(12-8-26)42-17-21-45-22-18-42)28-4-2-3-27(24-28)32-38-39-34(46-32)36-14-13-25-5-9-29(10-6-25)41-15-19-44-20-16-41/h5-12,27-28,32-33,38H,2-4,13-24H2,1H3,(H,36,39)/p+1. The van der Waals surface area contributed by atoms with Crippen LogP contribution in [0, 0.1) is 11.8 Å². The van der Waals surface area contributed by atoms with Crippen molar-refractivity contribution >= 4 is 51.1 Å². The van der Waals surface area contributed by atoms with Gasteiger partial charge in [-0.15, -0.1) is 0 Å². The fraction of sp³-hybridized carbons (Fsp3) is 0.571. The maximum atomic E-state index is 12.9. The van der Waals surface area contributed by atoms with E-state index in [1.807, 2.05) is 23.5 Å². The number of amidine groups is 2. The number of rotatable bonds is 9. The van der Waals surface area contributed by atoms with E-state index in [0.29, 0.717) is 29.0 Å². The highest BCUT2D eigenvalue weighted by molar-refractivity contribution is 8.15. The van der Waals surface area contributed by atoms with Gasteiger partial charge in [-0.25, -0.2) is 20.1 Å². The van der Waals surface area contributed by atoms with E-state index in [0.717, 1.165) is 81.5 Å². The number of hydrogen-bond acceptors (Lipinski definition) is 9. The summed E-state index contributed by atoms with van der Waals surface area (Å²) in [6, 6.07) is 17.3. The number of carbonyl (C=O) groups excluding carboxylic acids is 1. The molecule has 4 heterocycles. The molecule has 2 aromatic rings. The molecule has 0 bridgehead atoms. The lowest BCUT2D eigenvalue weighted by Gasteiger charge is -2.38. The van der Waals surface area contributed by atoms with Gasteiger partial charge in [-0.1, -0.05) is 42.4 Å². The Morgan fingerprint density at radius 3 is 2.15 bits per heavy atom. The second-order valence-corrected chi connectivity index (χ2v) is 15.3. The summed E-state index contributed by atoms with van der Waals surface area (Å²) in [5.41, 5.74) is 11.7. The molecule has 0 aromatic heterocycles. The maximum Gasteiger partial charge on any atom is 0.318 e. The fourth-order valence-corrected chi connectivity index (χ4v) is 9.56. The lowest BCUT2D eigenvalue weighted by Crippen LogP contribution is -2.51. The van der Waals surface area contributed by atoms with Gasteiger partial charge in [-0.2, -0.15) is 0 Å². The van der Waals surface area contributed by atoms with Crippen molar-refractivity contribution in [2.75, 3.05) is 76.0 Å². The molecule has 4 fully saturated rings. The first-order valence-electron chi connectivity index (χ1n) is 17.2. The van der Waals surface area contributed by atoms with Crippen molar-refractivity contribution in [3.8, 4) is 0 Å². The van der Waals surface area contributed by atoms with E-state index in [2.05, 4.69) is 86.1 Å². The molecule has 4 aliphatic heterocycles. The van der Waals surface area contributed by atoms with Crippen molar-refractivity contribution in [2.45, 2.75) is 49.3 Å². The first kappa shape index (κ1) is 32.8. The van der Waals surface area contributed by atoms with Gasteiger partial charge in [-0.3, -0.25) is 10.4 Å². The third-order valence-corrected chi connectivity index (χ3v) is 12.7. The molecule has 2 aromatic carbocycles. The second-order valence-electron chi connectivity index (χ2n) is 13.1. The van der Waals surface area contributed by atoms with Crippen LogP contribution in [-0.2, 0) is 27.1 Å². The molecule has 252 valence electrons. The third kappa shape index (κ3) is 8.28. The number of aliphatic imine (C=N–C) groups is 1. The quantitative estimate of drug-likeness (QED) is 0.344. The molecule has 4 unspecified atom stereocenters. The van der Waals surface area contributed by atoms with E-state index >= 15 is 0 Å². The molecule has 0 spiro atoms. The number of anilines is 2. The summed E-state index contributed by atoms with van der Waals surface area (Å²) in [6.45, 7) is 7.70. The Bertz CT molecular complexity index is 1430. The van der Waals surface area contributed by atoms with Gasteiger partial charge >= 0.3 is 11.1 Å². The van der Waals surface area contributed by atoms with E-state index in [9.17, 15) is 4.79 Å². The Hall–Kier alpha value is -2.77. The van der Waals surface area contributed by atoms with E-state index in [-0.39, 0.29) is 5.91 Å². The molecule has 4 atom stereocenters. The fourth-order valence-electron chi connectivity index (χ4n) is 7.25. The molecule has 12 heteroatoms. The molecule has 1 amide bonds. The Labute approximate surface area is 287 Å². The summed E-state index contributed by atoms with van der Waals surface area (Å²) in [4.78, 5) is 22.5. The number of morpholine rings is 2. The first-order valence-corrected chi connectivity index (χ1v) is 19.0. The van der Waals surface area contributed by atoms with Crippen LogP contribution in [0.5, 0.6) is 0 Å². The van der Waals surface area contributed by atoms with Crippen LogP contribution >= 0.6 is 23.5 Å². The smallest absolute Gasteiger partial charge is 0.318 e. The Balaban J connectivity index is 0.842. The number of nitrogens with zero attached hydrogens (tertiary/aromatic N) is 4. The summed E-state index contributed by atoms with van der Waals surface area (Å²) < 4.78 is 13.2. The van der Waals surface area contributed by atoms with Crippen molar-refractivity contribution in [1.29, 1.82) is 0 Å². The monoisotopic (exact) mass is 678 g/mol. The van der Waals surface area contributed by atoms with Crippen molar-refractivity contribution < 1.29 is 18.8 Å². The van der Waals surface area contributed by atoms with Crippen LogP contribution < -0.4 is 26.0 Å². The average Bonchev–Trinajstić information content (AvgIpc) is 3.60. The van der Waals surface area contributed by atoms with Crippen molar-refractivity contribution in [1.82, 2.24) is 16.2 Å². The molecule has 1 aliphatic carbocycles. The minimum absolute atomic E-state index is 0.0490. The predicted molar refractivity (Wildman–Crippen MR) is 192 cm³/mol. The number of amides is 1. The second kappa shape index (κ2) is 15.6. The van der Waals surface area contributed by atoms with E-state index in [1.54, 1.807) is 0 Å². The lowest BCUT2D eigenvalue weighted by molar-refractivity contribution is -0.530. The molecule has 3 saturated heterocycles. The number of nitrogens with one attached hydrogen (secondary N) is 3. The van der Waals surface area contributed by atoms with Crippen LogP contribution in [0.1, 0.15) is 36.8 Å². The minimum atomic E-state index is 0.0490. The van der Waals surface area contributed by atoms with Gasteiger partial charge in [0, 0.05) is 61.8 Å². The normalized spacial score (nSPS) is 27.5. The number of carbonyl (C=O) groups is 1. The molecule has 1 saturated carbocycles. The molecule has 3 N–H and O–H groups in total. The molecule has 10 nitrogen and oxygen atoms in total. The van der Waals surface area contributed by atoms with Gasteiger partial charge in [0.25, 0.3) is 0 Å². The SMILES string of the molecule is C[N+]1=C(NC(=O)Cc2ccc(N3CCOCC3)cc2)SC1C1CCCC(C2NNC(=NCCc3ccc(N4CCOCC4)cc3)S2)C1. The number of hydrazine groups is 1. The van der Waals surface area contributed by atoms with Crippen molar-refractivity contribution in [2.24, 2.45) is 16.8 Å². The van der Waals surface area contributed by atoms with Crippen molar-refractivity contribution in [3.63, 3.8) is 0 Å². The van der Waals surface area contributed by atoms with Crippen LogP contribution in [0.15, 0.2) is 53.5 Å². The topological polar surface area (TPSA) is 93.5 Å². The number of hydrogen-bond donors (Lipinski definition) is 3. The average molecular weight is 679 g/mol. The van der Waals surface area contributed by atoms with Gasteiger partial charge in [0.2, 0.25) is 0 Å². The summed E-state index contributed by atoms with van der Waals surface area (Å²) in [5, 5.41) is 5.92. The molecule has 5 aliphatic rings. The van der Waals surface area contributed by atoms with Crippen LogP contribution in [-0.4, -0.2) is 97.8 Å². The number of ether oxygens (including phenoxy) is 2. The summed E-state index contributed by atoms with van der Waals surface area (Å²) in [6.07, 6.45) is 6.24. The van der Waals surface area contributed by atoms with E-state index in [1.165, 1.54) is 42.6 Å². The number of thioether (sulfide) groups is 2. The number of benzene rings is 2. The molecular formula is C35H48N7O3S2+. The Kier molecular flexibility index (Phi) is 10.9. The summed E-state index contributed by atoms with van der Waals surface area (Å²) >= 11 is 3.68. The molecular weight excluding hydrogens is 631 g/mol. The van der Waals surface area contributed by atoms with Gasteiger partial charge in [0.1, 0.15) is 0 Å². The summed E-state index contributed by atoms with van der Waals surface area (Å²) in [5.74, 6) is 1.26. The van der Waals surface area contributed by atoms with Crippen LogP contribution in [0.4, 0.5) is 11.4 Å².